The summed E-state index contributed by atoms with van der Waals surface area (Å²) in [4.78, 5) is 21.7. The minimum Gasteiger partial charge on any atom is -0.485 e. The molecule has 1 aromatic rings. The molecule has 1 fully saturated rings. The molecule has 0 N–H and O–H groups in total. The van der Waals surface area contributed by atoms with Crippen molar-refractivity contribution in [1.82, 2.24) is 14.9 Å². The van der Waals surface area contributed by atoms with E-state index in [9.17, 15) is 4.79 Å². The number of halogens is 1. The van der Waals surface area contributed by atoms with Crippen LogP contribution in [0.2, 0.25) is 0 Å². The van der Waals surface area contributed by atoms with Crippen LogP contribution in [-0.4, -0.2) is 45.8 Å². The van der Waals surface area contributed by atoms with Crippen molar-refractivity contribution in [2.24, 2.45) is 0 Å². The third kappa shape index (κ3) is 4.46. The Morgan fingerprint density at radius 3 is 2.65 bits per heavy atom. The van der Waals surface area contributed by atoms with E-state index in [1.54, 1.807) is 17.3 Å². The van der Waals surface area contributed by atoms with Crippen molar-refractivity contribution in [3.8, 4) is 5.75 Å². The zero-order valence-electron chi connectivity index (χ0n) is 11.8. The molecule has 1 aliphatic rings. The fourth-order valence-electron chi connectivity index (χ4n) is 1.87. The van der Waals surface area contributed by atoms with Gasteiger partial charge in [-0.05, 0) is 20.8 Å². The van der Waals surface area contributed by atoms with Gasteiger partial charge in [-0.1, -0.05) is 0 Å². The highest BCUT2D eigenvalue weighted by Crippen LogP contribution is 2.19. The standard InChI is InChI=1S/C13H18IN3O3/c1-13(2,3)20-12(18)17-5-4-9(8-17)19-10-6-15-11(14)16-7-10/h6-7,9H,4-5,8H2,1-3H3. The van der Waals surface area contributed by atoms with Gasteiger partial charge in [-0.3, -0.25) is 0 Å². The molecule has 1 saturated heterocycles. The SMILES string of the molecule is CC(C)(C)OC(=O)N1CCC(Oc2cnc(I)nc2)C1. The van der Waals surface area contributed by atoms with E-state index in [2.05, 4.69) is 9.97 Å². The fourth-order valence-corrected chi connectivity index (χ4v) is 2.15. The number of amides is 1. The first-order valence-electron chi connectivity index (χ1n) is 6.45. The summed E-state index contributed by atoms with van der Waals surface area (Å²) in [7, 11) is 0. The van der Waals surface area contributed by atoms with Gasteiger partial charge in [0.15, 0.2) is 9.58 Å². The van der Waals surface area contributed by atoms with Gasteiger partial charge >= 0.3 is 6.09 Å². The summed E-state index contributed by atoms with van der Waals surface area (Å²) in [6.45, 7) is 6.75. The van der Waals surface area contributed by atoms with E-state index >= 15 is 0 Å². The van der Waals surface area contributed by atoms with Crippen molar-refractivity contribution >= 4 is 28.7 Å². The van der Waals surface area contributed by atoms with Crippen LogP contribution < -0.4 is 4.74 Å². The van der Waals surface area contributed by atoms with Crippen molar-refractivity contribution in [2.75, 3.05) is 13.1 Å². The average Bonchev–Trinajstić information content (AvgIpc) is 2.79. The monoisotopic (exact) mass is 391 g/mol. The average molecular weight is 391 g/mol. The second kappa shape index (κ2) is 6.11. The number of hydrogen-bond acceptors (Lipinski definition) is 5. The van der Waals surface area contributed by atoms with Gasteiger partial charge < -0.3 is 14.4 Å². The van der Waals surface area contributed by atoms with Crippen LogP contribution in [0, 0.1) is 3.83 Å². The number of nitrogens with zero attached hydrogens (tertiary/aromatic N) is 3. The van der Waals surface area contributed by atoms with Crippen molar-refractivity contribution in [3.05, 3.63) is 16.2 Å². The number of carbonyl (C=O) groups excluding carboxylic acids is 1. The number of rotatable bonds is 2. The molecule has 110 valence electrons. The van der Waals surface area contributed by atoms with Gasteiger partial charge in [0.2, 0.25) is 0 Å². The lowest BCUT2D eigenvalue weighted by Crippen LogP contribution is -2.36. The lowest BCUT2D eigenvalue weighted by Gasteiger charge is -2.24. The number of carbonyl (C=O) groups is 1. The van der Waals surface area contributed by atoms with Crippen LogP contribution in [0.15, 0.2) is 12.4 Å². The van der Waals surface area contributed by atoms with Crippen molar-refractivity contribution in [2.45, 2.75) is 38.9 Å². The smallest absolute Gasteiger partial charge is 0.410 e. The molecule has 0 aliphatic carbocycles. The van der Waals surface area contributed by atoms with Crippen LogP contribution in [0.1, 0.15) is 27.2 Å². The van der Waals surface area contributed by atoms with Crippen LogP contribution in [0.25, 0.3) is 0 Å². The molecule has 1 aromatic heterocycles. The maximum absolute atomic E-state index is 11.9. The molecule has 6 nitrogen and oxygen atoms in total. The first-order valence-corrected chi connectivity index (χ1v) is 7.53. The van der Waals surface area contributed by atoms with E-state index in [0.717, 1.165) is 6.42 Å². The normalized spacial score (nSPS) is 19.0. The highest BCUT2D eigenvalue weighted by atomic mass is 127. The summed E-state index contributed by atoms with van der Waals surface area (Å²) in [6.07, 6.45) is 3.75. The second-order valence-electron chi connectivity index (χ2n) is 5.64. The van der Waals surface area contributed by atoms with E-state index in [1.165, 1.54) is 0 Å². The molecule has 0 aromatic carbocycles. The molecule has 1 atom stereocenters. The summed E-state index contributed by atoms with van der Waals surface area (Å²) in [5, 5.41) is 0. The van der Waals surface area contributed by atoms with Gasteiger partial charge in [0.25, 0.3) is 0 Å². The van der Waals surface area contributed by atoms with Crippen LogP contribution in [-0.2, 0) is 4.74 Å². The van der Waals surface area contributed by atoms with Crippen molar-refractivity contribution in [3.63, 3.8) is 0 Å². The predicted molar refractivity (Wildman–Crippen MR) is 81.6 cm³/mol. The molecule has 1 amide bonds. The Kier molecular flexibility index (Phi) is 4.66. The lowest BCUT2D eigenvalue weighted by atomic mass is 10.2. The van der Waals surface area contributed by atoms with Crippen LogP contribution >= 0.6 is 22.6 Å². The number of hydrogen-bond donors (Lipinski definition) is 0. The molecule has 1 unspecified atom stereocenters. The maximum Gasteiger partial charge on any atom is 0.410 e. The van der Waals surface area contributed by atoms with Crippen LogP contribution in [0.3, 0.4) is 0 Å². The van der Waals surface area contributed by atoms with Crippen molar-refractivity contribution < 1.29 is 14.3 Å². The second-order valence-corrected chi connectivity index (χ2v) is 6.61. The highest BCUT2D eigenvalue weighted by molar-refractivity contribution is 14.1. The fraction of sp³-hybridized carbons (Fsp3) is 0.615. The minimum absolute atomic E-state index is 0.0359. The summed E-state index contributed by atoms with van der Waals surface area (Å²) < 4.78 is 11.8. The Labute approximate surface area is 132 Å². The highest BCUT2D eigenvalue weighted by Gasteiger charge is 2.30. The lowest BCUT2D eigenvalue weighted by molar-refractivity contribution is 0.0275. The summed E-state index contributed by atoms with van der Waals surface area (Å²) in [6, 6.07) is 0. The topological polar surface area (TPSA) is 64.5 Å². The summed E-state index contributed by atoms with van der Waals surface area (Å²) in [5.74, 6) is 0.626. The maximum atomic E-state index is 11.9. The molecule has 2 rings (SSSR count). The number of ether oxygens (including phenoxy) is 2. The Bertz CT molecular complexity index is 473. The van der Waals surface area contributed by atoms with Crippen LogP contribution in [0.5, 0.6) is 5.75 Å². The van der Waals surface area contributed by atoms with E-state index < -0.39 is 5.60 Å². The first-order chi connectivity index (χ1) is 9.33. The Morgan fingerprint density at radius 1 is 1.40 bits per heavy atom. The Balaban J connectivity index is 1.86. The largest absolute Gasteiger partial charge is 0.485 e. The quantitative estimate of drug-likeness (QED) is 0.573. The molecule has 0 bridgehead atoms. The molecule has 0 saturated carbocycles. The predicted octanol–water partition coefficient (Wildman–Crippen LogP) is 2.47. The van der Waals surface area contributed by atoms with Gasteiger partial charge in [0.1, 0.15) is 11.7 Å². The summed E-state index contributed by atoms with van der Waals surface area (Å²) >= 11 is 2.04. The van der Waals surface area contributed by atoms with Crippen LogP contribution in [0.4, 0.5) is 4.79 Å². The molecule has 0 radical (unpaired) electrons. The minimum atomic E-state index is -0.472. The molecule has 20 heavy (non-hydrogen) atoms. The number of likely N-dealkylation sites (tertiary alicyclic amines) is 1. The first kappa shape index (κ1) is 15.3. The third-order valence-corrected chi connectivity index (χ3v) is 3.25. The molecule has 0 spiro atoms. The van der Waals surface area contributed by atoms with Gasteiger partial charge in [-0.25, -0.2) is 14.8 Å². The zero-order chi connectivity index (χ0) is 14.8. The Hall–Kier alpha value is -1.12. The molecule has 1 aliphatic heterocycles. The van der Waals surface area contributed by atoms with Gasteiger partial charge in [0.05, 0.1) is 18.9 Å². The zero-order valence-corrected chi connectivity index (χ0v) is 14.0. The van der Waals surface area contributed by atoms with Gasteiger partial charge in [-0.2, -0.15) is 0 Å². The van der Waals surface area contributed by atoms with E-state index in [0.29, 0.717) is 22.7 Å². The molecular formula is C13H18IN3O3. The molecule has 7 heteroatoms. The van der Waals surface area contributed by atoms with E-state index in [4.69, 9.17) is 9.47 Å². The molecule has 2 heterocycles. The molecular weight excluding hydrogens is 373 g/mol. The third-order valence-electron chi connectivity index (χ3n) is 2.70. The van der Waals surface area contributed by atoms with E-state index in [-0.39, 0.29) is 12.2 Å². The van der Waals surface area contributed by atoms with Gasteiger partial charge in [0, 0.05) is 35.6 Å². The Morgan fingerprint density at radius 2 is 2.05 bits per heavy atom. The van der Waals surface area contributed by atoms with Crippen molar-refractivity contribution in [1.29, 1.82) is 0 Å². The number of aromatic nitrogens is 2. The van der Waals surface area contributed by atoms with E-state index in [1.807, 2.05) is 43.4 Å². The van der Waals surface area contributed by atoms with Gasteiger partial charge in [-0.15, -0.1) is 0 Å². The summed E-state index contributed by atoms with van der Waals surface area (Å²) in [5.41, 5.74) is -0.472.